The number of imide groups is 1. The van der Waals surface area contributed by atoms with Crippen LogP contribution in [0.15, 0.2) is 0 Å². The fourth-order valence-electron chi connectivity index (χ4n) is 2.90. The Labute approximate surface area is 125 Å². The fourth-order valence-corrected chi connectivity index (χ4v) is 2.90. The quantitative estimate of drug-likeness (QED) is 0.674. The maximum absolute atomic E-state index is 11.8. The van der Waals surface area contributed by atoms with E-state index >= 15 is 0 Å². The summed E-state index contributed by atoms with van der Waals surface area (Å²) in [6.45, 7) is 5.27. The van der Waals surface area contributed by atoms with Crippen molar-refractivity contribution in [1.29, 1.82) is 0 Å². The minimum Gasteiger partial charge on any atom is -0.481 e. The van der Waals surface area contributed by atoms with Crippen molar-refractivity contribution in [2.75, 3.05) is 26.2 Å². The molecule has 7 nitrogen and oxygen atoms in total. The number of hydrogen-bond acceptors (Lipinski definition) is 4. The van der Waals surface area contributed by atoms with Gasteiger partial charge in [-0.2, -0.15) is 0 Å². The van der Waals surface area contributed by atoms with Crippen LogP contribution in [-0.4, -0.2) is 54.1 Å². The van der Waals surface area contributed by atoms with E-state index in [1.54, 1.807) is 6.92 Å². The highest BCUT2D eigenvalue weighted by Gasteiger charge is 2.41. The number of carbonyl (C=O) groups is 3. The zero-order valence-electron chi connectivity index (χ0n) is 12.8. The van der Waals surface area contributed by atoms with Gasteiger partial charge in [-0.15, -0.1) is 0 Å². The minimum absolute atomic E-state index is 0.0515. The van der Waals surface area contributed by atoms with Crippen LogP contribution < -0.4 is 10.6 Å². The standard InChI is InChI=1S/C14H25N3O4/c1-3-6-14(12(19)20)7-5-8-17(10-14)9-11(18)16-13(21)15-4-2/h3-10H2,1-2H3,(H,19,20)(H2,15,16,18,21). The number of carboxylic acids is 1. The molecule has 0 spiro atoms. The molecule has 7 heteroatoms. The number of likely N-dealkylation sites (tertiary alicyclic amines) is 1. The Morgan fingerprint density at radius 1 is 1.29 bits per heavy atom. The van der Waals surface area contributed by atoms with E-state index in [0.29, 0.717) is 32.5 Å². The van der Waals surface area contributed by atoms with Gasteiger partial charge in [0.2, 0.25) is 5.91 Å². The van der Waals surface area contributed by atoms with Crippen molar-refractivity contribution in [1.82, 2.24) is 15.5 Å². The van der Waals surface area contributed by atoms with E-state index in [4.69, 9.17) is 0 Å². The summed E-state index contributed by atoms with van der Waals surface area (Å²) in [5.74, 6) is -1.20. The Hall–Kier alpha value is -1.63. The third kappa shape index (κ3) is 5.00. The number of carboxylic acid groups (broad SMARTS) is 1. The third-order valence-electron chi connectivity index (χ3n) is 3.80. The molecule has 0 aromatic carbocycles. The lowest BCUT2D eigenvalue weighted by atomic mass is 9.76. The van der Waals surface area contributed by atoms with Gasteiger partial charge in [0.05, 0.1) is 12.0 Å². The number of urea groups is 1. The molecule has 1 saturated heterocycles. The number of amides is 3. The van der Waals surface area contributed by atoms with E-state index in [2.05, 4.69) is 10.6 Å². The average molecular weight is 299 g/mol. The first-order chi connectivity index (χ1) is 9.93. The van der Waals surface area contributed by atoms with Crippen LogP contribution in [0, 0.1) is 5.41 Å². The second-order valence-electron chi connectivity index (χ2n) is 5.56. The lowest BCUT2D eigenvalue weighted by Gasteiger charge is -2.39. The molecule has 0 aromatic rings. The van der Waals surface area contributed by atoms with Crippen molar-refractivity contribution < 1.29 is 19.5 Å². The minimum atomic E-state index is -0.793. The van der Waals surface area contributed by atoms with E-state index in [9.17, 15) is 19.5 Å². The largest absolute Gasteiger partial charge is 0.481 e. The van der Waals surface area contributed by atoms with Crippen molar-refractivity contribution >= 4 is 17.9 Å². The van der Waals surface area contributed by atoms with Crippen LogP contribution in [0.25, 0.3) is 0 Å². The lowest BCUT2D eigenvalue weighted by molar-refractivity contribution is -0.154. The van der Waals surface area contributed by atoms with Crippen LogP contribution in [0.5, 0.6) is 0 Å². The summed E-state index contributed by atoms with van der Waals surface area (Å²) in [5.41, 5.74) is -0.765. The molecule has 1 fully saturated rings. The monoisotopic (exact) mass is 299 g/mol. The summed E-state index contributed by atoms with van der Waals surface area (Å²) in [6.07, 6.45) is 2.80. The number of nitrogens with one attached hydrogen (secondary N) is 2. The predicted molar refractivity (Wildman–Crippen MR) is 77.9 cm³/mol. The molecule has 1 heterocycles. The molecule has 1 aliphatic heterocycles. The highest BCUT2D eigenvalue weighted by molar-refractivity contribution is 5.95. The normalized spacial score (nSPS) is 22.6. The van der Waals surface area contributed by atoms with E-state index < -0.39 is 23.3 Å². The highest BCUT2D eigenvalue weighted by Crippen LogP contribution is 2.34. The molecule has 120 valence electrons. The summed E-state index contributed by atoms with van der Waals surface area (Å²) in [6, 6.07) is -0.516. The maximum atomic E-state index is 11.8. The number of carbonyl (C=O) groups excluding carboxylic acids is 2. The molecule has 1 rings (SSSR count). The van der Waals surface area contributed by atoms with Gasteiger partial charge in [0, 0.05) is 13.1 Å². The third-order valence-corrected chi connectivity index (χ3v) is 3.80. The average Bonchev–Trinajstić information content (AvgIpc) is 2.39. The van der Waals surface area contributed by atoms with Crippen LogP contribution in [0.2, 0.25) is 0 Å². The molecule has 0 radical (unpaired) electrons. The summed E-state index contributed by atoms with van der Waals surface area (Å²) in [7, 11) is 0. The Bertz CT molecular complexity index is 396. The van der Waals surface area contributed by atoms with Crippen molar-refractivity contribution in [3.8, 4) is 0 Å². The second-order valence-corrected chi connectivity index (χ2v) is 5.56. The molecule has 3 amide bonds. The molecule has 0 aromatic heterocycles. The van der Waals surface area contributed by atoms with Gasteiger partial charge < -0.3 is 10.4 Å². The van der Waals surface area contributed by atoms with E-state index in [0.717, 1.165) is 12.8 Å². The first-order valence-corrected chi connectivity index (χ1v) is 7.47. The van der Waals surface area contributed by atoms with Crippen LogP contribution in [0.4, 0.5) is 4.79 Å². The van der Waals surface area contributed by atoms with Gasteiger partial charge in [-0.05, 0) is 32.7 Å². The first kappa shape index (κ1) is 17.4. The molecule has 0 saturated carbocycles. The molecule has 0 aliphatic carbocycles. The lowest BCUT2D eigenvalue weighted by Crippen LogP contribution is -2.51. The number of nitrogens with zero attached hydrogens (tertiary/aromatic N) is 1. The van der Waals surface area contributed by atoms with Crippen molar-refractivity contribution in [3.05, 3.63) is 0 Å². The summed E-state index contributed by atoms with van der Waals surface area (Å²) < 4.78 is 0. The topological polar surface area (TPSA) is 98.7 Å². The van der Waals surface area contributed by atoms with Crippen molar-refractivity contribution in [2.24, 2.45) is 5.41 Å². The molecule has 1 atom stereocenters. The van der Waals surface area contributed by atoms with E-state index in [1.165, 1.54) is 0 Å². The maximum Gasteiger partial charge on any atom is 0.321 e. The Morgan fingerprint density at radius 3 is 2.57 bits per heavy atom. The molecule has 0 bridgehead atoms. The highest BCUT2D eigenvalue weighted by atomic mass is 16.4. The molecular weight excluding hydrogens is 274 g/mol. The van der Waals surface area contributed by atoms with Gasteiger partial charge in [0.25, 0.3) is 0 Å². The van der Waals surface area contributed by atoms with Crippen LogP contribution in [-0.2, 0) is 9.59 Å². The van der Waals surface area contributed by atoms with Gasteiger partial charge in [-0.25, -0.2) is 4.79 Å². The molecule has 3 N–H and O–H groups in total. The second kappa shape index (κ2) is 7.97. The van der Waals surface area contributed by atoms with Gasteiger partial charge in [0.1, 0.15) is 0 Å². The number of aliphatic carboxylic acids is 1. The number of piperidine rings is 1. The first-order valence-electron chi connectivity index (χ1n) is 7.47. The molecule has 1 aliphatic rings. The molecule has 1 unspecified atom stereocenters. The van der Waals surface area contributed by atoms with Gasteiger partial charge in [-0.1, -0.05) is 13.3 Å². The Kier molecular flexibility index (Phi) is 6.61. The van der Waals surface area contributed by atoms with E-state index in [-0.39, 0.29) is 6.54 Å². The predicted octanol–water partition coefficient (Wildman–Crippen LogP) is 0.799. The van der Waals surface area contributed by atoms with Crippen molar-refractivity contribution in [3.63, 3.8) is 0 Å². The van der Waals surface area contributed by atoms with Crippen LogP contribution in [0.1, 0.15) is 39.5 Å². The number of rotatable bonds is 6. The molecule has 21 heavy (non-hydrogen) atoms. The smallest absolute Gasteiger partial charge is 0.321 e. The van der Waals surface area contributed by atoms with Crippen molar-refractivity contribution in [2.45, 2.75) is 39.5 Å². The van der Waals surface area contributed by atoms with Crippen LogP contribution in [0.3, 0.4) is 0 Å². The van der Waals surface area contributed by atoms with Gasteiger partial charge >= 0.3 is 12.0 Å². The Morgan fingerprint density at radius 2 is 2.00 bits per heavy atom. The summed E-state index contributed by atoms with van der Waals surface area (Å²) in [5, 5.41) is 14.2. The summed E-state index contributed by atoms with van der Waals surface area (Å²) >= 11 is 0. The zero-order valence-corrected chi connectivity index (χ0v) is 12.8. The SMILES string of the molecule is CCCC1(C(=O)O)CCCN(CC(=O)NC(=O)NCC)C1. The molecular formula is C14H25N3O4. The Balaban J connectivity index is 2.57. The zero-order chi connectivity index (χ0) is 15.9. The summed E-state index contributed by atoms with van der Waals surface area (Å²) in [4.78, 5) is 36.4. The van der Waals surface area contributed by atoms with Gasteiger partial charge in [0.15, 0.2) is 0 Å². The number of hydrogen-bond donors (Lipinski definition) is 3. The van der Waals surface area contributed by atoms with Crippen LogP contribution >= 0.6 is 0 Å². The van der Waals surface area contributed by atoms with E-state index in [1.807, 2.05) is 11.8 Å². The fraction of sp³-hybridized carbons (Fsp3) is 0.786. The van der Waals surface area contributed by atoms with Gasteiger partial charge in [-0.3, -0.25) is 19.8 Å².